The van der Waals surface area contributed by atoms with Gasteiger partial charge in [-0.15, -0.1) is 34.2 Å². The number of likely N-dealkylation sites (tertiary alicyclic amines) is 1. The lowest BCUT2D eigenvalue weighted by Crippen LogP contribution is -2.44. The van der Waals surface area contributed by atoms with E-state index >= 15 is 0 Å². The Kier molecular flexibility index (Phi) is 8.68. The number of pyridine rings is 1. The monoisotopic (exact) mass is 529 g/mol. The van der Waals surface area contributed by atoms with Crippen molar-refractivity contribution in [3.63, 3.8) is 0 Å². The fraction of sp³-hybridized carbons (Fsp3) is 0.600. The molecule has 0 radical (unpaired) electrons. The Morgan fingerprint density at radius 3 is 2.87 bits per heavy atom. The van der Waals surface area contributed by atoms with E-state index in [4.69, 9.17) is 9.73 Å². The number of carbonyl (C=O) groups is 1. The van der Waals surface area contributed by atoms with Gasteiger partial charge in [0.15, 0.2) is 11.6 Å². The van der Waals surface area contributed by atoms with Gasteiger partial charge in [0.2, 0.25) is 0 Å². The first kappa shape index (κ1) is 24.2. The fourth-order valence-corrected chi connectivity index (χ4v) is 3.29. The van der Waals surface area contributed by atoms with Crippen molar-refractivity contribution >= 4 is 41.7 Å². The van der Waals surface area contributed by atoms with Crippen LogP contribution in [-0.4, -0.2) is 69.4 Å². The number of hydrogen-bond acceptors (Lipinski definition) is 5. The molecule has 1 atom stereocenters. The number of alkyl carbamates (subject to hydrolysis) is 1. The molecule has 2 N–H and O–H groups in total. The maximum absolute atomic E-state index is 12.0. The average molecular weight is 529 g/mol. The van der Waals surface area contributed by atoms with E-state index in [0.29, 0.717) is 19.5 Å². The van der Waals surface area contributed by atoms with E-state index in [1.165, 1.54) is 0 Å². The van der Waals surface area contributed by atoms with Gasteiger partial charge in [0.25, 0.3) is 0 Å². The highest BCUT2D eigenvalue weighted by Gasteiger charge is 2.27. The summed E-state index contributed by atoms with van der Waals surface area (Å²) in [4.78, 5) is 18.9. The smallest absolute Gasteiger partial charge is 0.407 e. The molecule has 3 heterocycles. The SMILES string of the molecule is CCNC(=NCCc1nnc2ccccn12)N1CCC(NC(=O)OC(C)(C)C)C1.I. The molecule has 166 valence electrons. The van der Waals surface area contributed by atoms with Crippen LogP contribution in [0.15, 0.2) is 29.4 Å². The van der Waals surface area contributed by atoms with Crippen LogP contribution in [0, 0.1) is 0 Å². The van der Waals surface area contributed by atoms with E-state index in [1.807, 2.05) is 56.5 Å². The molecular weight excluding hydrogens is 497 g/mol. The van der Waals surface area contributed by atoms with E-state index in [9.17, 15) is 4.79 Å². The highest BCUT2D eigenvalue weighted by atomic mass is 127. The Labute approximate surface area is 194 Å². The van der Waals surface area contributed by atoms with Gasteiger partial charge in [-0.05, 0) is 46.2 Å². The molecule has 2 aromatic heterocycles. The van der Waals surface area contributed by atoms with Crippen LogP contribution in [0.4, 0.5) is 4.79 Å². The number of ether oxygens (including phenoxy) is 1. The largest absolute Gasteiger partial charge is 0.444 e. The predicted molar refractivity (Wildman–Crippen MR) is 127 cm³/mol. The van der Waals surface area contributed by atoms with Crippen LogP contribution in [-0.2, 0) is 11.2 Å². The quantitative estimate of drug-likeness (QED) is 0.351. The zero-order valence-electron chi connectivity index (χ0n) is 18.1. The summed E-state index contributed by atoms with van der Waals surface area (Å²) in [6.07, 6.45) is 3.16. The lowest BCUT2D eigenvalue weighted by Gasteiger charge is -2.23. The molecule has 0 aliphatic carbocycles. The van der Waals surface area contributed by atoms with Gasteiger partial charge in [0.1, 0.15) is 11.4 Å². The van der Waals surface area contributed by atoms with Crippen LogP contribution >= 0.6 is 24.0 Å². The summed E-state index contributed by atoms with van der Waals surface area (Å²) in [7, 11) is 0. The molecule has 1 saturated heterocycles. The van der Waals surface area contributed by atoms with Crippen LogP contribution in [0.3, 0.4) is 0 Å². The normalized spacial score (nSPS) is 17.0. The summed E-state index contributed by atoms with van der Waals surface area (Å²) in [5.41, 5.74) is 0.346. The van der Waals surface area contributed by atoms with Crippen LogP contribution < -0.4 is 10.6 Å². The molecule has 0 saturated carbocycles. The van der Waals surface area contributed by atoms with Crippen molar-refractivity contribution in [2.45, 2.75) is 52.2 Å². The third-order valence-electron chi connectivity index (χ3n) is 4.52. The number of fused-ring (bicyclic) bond motifs is 1. The van der Waals surface area contributed by atoms with Crippen LogP contribution in [0.25, 0.3) is 5.65 Å². The second-order valence-electron chi connectivity index (χ2n) is 8.11. The molecule has 0 spiro atoms. The predicted octanol–water partition coefficient (Wildman–Crippen LogP) is 2.45. The summed E-state index contributed by atoms with van der Waals surface area (Å²) in [6.45, 7) is 10.6. The van der Waals surface area contributed by atoms with E-state index in [0.717, 1.165) is 36.9 Å². The van der Waals surface area contributed by atoms with Crippen molar-refractivity contribution in [2.75, 3.05) is 26.2 Å². The number of guanidine groups is 1. The summed E-state index contributed by atoms with van der Waals surface area (Å²) < 4.78 is 7.34. The second kappa shape index (κ2) is 10.8. The molecule has 0 bridgehead atoms. The number of amides is 1. The Morgan fingerprint density at radius 1 is 1.33 bits per heavy atom. The van der Waals surface area contributed by atoms with E-state index in [2.05, 4.69) is 25.7 Å². The number of aromatic nitrogens is 3. The summed E-state index contributed by atoms with van der Waals surface area (Å²) in [6, 6.07) is 5.90. The number of nitrogens with one attached hydrogen (secondary N) is 2. The molecule has 3 rings (SSSR count). The first-order valence-electron chi connectivity index (χ1n) is 10.2. The number of nitrogens with zero attached hydrogens (tertiary/aromatic N) is 5. The maximum atomic E-state index is 12.0. The van der Waals surface area contributed by atoms with Gasteiger partial charge >= 0.3 is 6.09 Å². The highest BCUT2D eigenvalue weighted by Crippen LogP contribution is 2.12. The summed E-state index contributed by atoms with van der Waals surface area (Å²) >= 11 is 0. The Bertz CT molecular complexity index is 862. The van der Waals surface area contributed by atoms with Crippen molar-refractivity contribution in [3.05, 3.63) is 30.2 Å². The molecule has 1 unspecified atom stereocenters. The highest BCUT2D eigenvalue weighted by molar-refractivity contribution is 14.0. The Balaban J connectivity index is 0.00000320. The topological polar surface area (TPSA) is 96.1 Å². The maximum Gasteiger partial charge on any atom is 0.407 e. The minimum atomic E-state index is -0.495. The molecule has 30 heavy (non-hydrogen) atoms. The van der Waals surface area contributed by atoms with Crippen molar-refractivity contribution < 1.29 is 9.53 Å². The number of halogens is 1. The number of aliphatic imine (C=N–C) groups is 1. The summed E-state index contributed by atoms with van der Waals surface area (Å²) in [5, 5.41) is 14.7. The Morgan fingerprint density at radius 2 is 2.13 bits per heavy atom. The van der Waals surface area contributed by atoms with Crippen molar-refractivity contribution in [1.29, 1.82) is 0 Å². The molecule has 1 aliphatic heterocycles. The van der Waals surface area contributed by atoms with Crippen molar-refractivity contribution in [2.24, 2.45) is 4.99 Å². The average Bonchev–Trinajstić information content (AvgIpc) is 3.27. The zero-order chi connectivity index (χ0) is 20.9. The van der Waals surface area contributed by atoms with Crippen LogP contribution in [0.2, 0.25) is 0 Å². The third-order valence-corrected chi connectivity index (χ3v) is 4.52. The van der Waals surface area contributed by atoms with Gasteiger partial charge < -0.3 is 20.3 Å². The first-order valence-corrected chi connectivity index (χ1v) is 10.2. The van der Waals surface area contributed by atoms with E-state index in [1.54, 1.807) is 0 Å². The molecule has 2 aromatic rings. The summed E-state index contributed by atoms with van der Waals surface area (Å²) in [5.74, 6) is 1.75. The first-order chi connectivity index (χ1) is 13.9. The molecular formula is C20H32IN7O2. The van der Waals surface area contributed by atoms with Crippen LogP contribution in [0.5, 0.6) is 0 Å². The molecule has 9 nitrogen and oxygen atoms in total. The van der Waals surface area contributed by atoms with Gasteiger partial charge in [-0.2, -0.15) is 0 Å². The lowest BCUT2D eigenvalue weighted by atomic mass is 10.2. The molecule has 1 aliphatic rings. The standard InChI is InChI=1S/C20H31N7O2.HI/c1-5-21-18(22-11-9-17-25-24-16-8-6-7-12-27(16)17)26-13-10-15(14-26)23-19(28)29-20(2,3)4;/h6-8,12,15H,5,9-11,13-14H2,1-4H3,(H,21,22)(H,23,28);1H. The molecule has 1 amide bonds. The fourth-order valence-electron chi connectivity index (χ4n) is 3.29. The third kappa shape index (κ3) is 6.71. The zero-order valence-corrected chi connectivity index (χ0v) is 20.4. The van der Waals surface area contributed by atoms with Gasteiger partial charge in [0, 0.05) is 38.8 Å². The second-order valence-corrected chi connectivity index (χ2v) is 8.11. The van der Waals surface area contributed by atoms with E-state index in [-0.39, 0.29) is 36.1 Å². The number of rotatable bonds is 5. The van der Waals surface area contributed by atoms with Gasteiger partial charge in [-0.25, -0.2) is 4.79 Å². The van der Waals surface area contributed by atoms with Crippen molar-refractivity contribution in [3.8, 4) is 0 Å². The van der Waals surface area contributed by atoms with Gasteiger partial charge in [-0.1, -0.05) is 6.07 Å². The minimum absolute atomic E-state index is 0. The number of carbonyl (C=O) groups excluding carboxylic acids is 1. The van der Waals surface area contributed by atoms with Gasteiger partial charge in [0.05, 0.1) is 6.04 Å². The van der Waals surface area contributed by atoms with Crippen molar-refractivity contribution in [1.82, 2.24) is 30.1 Å². The van der Waals surface area contributed by atoms with Crippen LogP contribution in [0.1, 0.15) is 39.9 Å². The van der Waals surface area contributed by atoms with Gasteiger partial charge in [-0.3, -0.25) is 9.39 Å². The van der Waals surface area contributed by atoms with E-state index < -0.39 is 5.60 Å². The Hall–Kier alpha value is -2.11. The molecule has 10 heteroatoms. The molecule has 0 aromatic carbocycles. The lowest BCUT2D eigenvalue weighted by molar-refractivity contribution is 0.0507. The molecule has 1 fully saturated rings. The number of hydrogen-bond donors (Lipinski definition) is 2. The minimum Gasteiger partial charge on any atom is -0.444 e.